The maximum atomic E-state index is 13.7. The standard InChI is InChI=1S/C16H19FN2/c1-12-4-3-5-13(8-12)11-19(2)15-7-6-14(10-18)16(17)9-15/h3-9H,10-11,18H2,1-2H3. The van der Waals surface area contributed by atoms with E-state index in [1.807, 2.05) is 24.1 Å². The first-order chi connectivity index (χ1) is 9.10. The van der Waals surface area contributed by atoms with E-state index < -0.39 is 0 Å². The zero-order valence-corrected chi connectivity index (χ0v) is 11.4. The van der Waals surface area contributed by atoms with Crippen molar-refractivity contribution in [3.8, 4) is 0 Å². The third-order valence-electron chi connectivity index (χ3n) is 3.20. The van der Waals surface area contributed by atoms with Gasteiger partial charge in [-0.25, -0.2) is 4.39 Å². The summed E-state index contributed by atoms with van der Waals surface area (Å²) in [5.41, 5.74) is 9.32. The molecule has 0 saturated heterocycles. The predicted molar refractivity (Wildman–Crippen MR) is 77.6 cm³/mol. The second-order valence-corrected chi connectivity index (χ2v) is 4.82. The van der Waals surface area contributed by atoms with E-state index in [-0.39, 0.29) is 12.4 Å². The number of nitrogens with zero attached hydrogens (tertiary/aromatic N) is 1. The van der Waals surface area contributed by atoms with Gasteiger partial charge in [-0.1, -0.05) is 35.9 Å². The monoisotopic (exact) mass is 258 g/mol. The van der Waals surface area contributed by atoms with Crippen LogP contribution in [0.2, 0.25) is 0 Å². The van der Waals surface area contributed by atoms with Crippen molar-refractivity contribution in [3.63, 3.8) is 0 Å². The molecule has 2 nitrogen and oxygen atoms in total. The van der Waals surface area contributed by atoms with Gasteiger partial charge in [0.15, 0.2) is 0 Å². The van der Waals surface area contributed by atoms with Crippen LogP contribution in [0.15, 0.2) is 42.5 Å². The van der Waals surface area contributed by atoms with Gasteiger partial charge in [-0.2, -0.15) is 0 Å². The fraction of sp³-hybridized carbons (Fsp3) is 0.250. The summed E-state index contributed by atoms with van der Waals surface area (Å²) >= 11 is 0. The summed E-state index contributed by atoms with van der Waals surface area (Å²) in [6, 6.07) is 13.5. The average molecular weight is 258 g/mol. The van der Waals surface area contributed by atoms with Crippen LogP contribution in [0.5, 0.6) is 0 Å². The second kappa shape index (κ2) is 5.85. The van der Waals surface area contributed by atoms with Gasteiger partial charge in [-0.05, 0) is 24.6 Å². The van der Waals surface area contributed by atoms with Crippen LogP contribution >= 0.6 is 0 Å². The topological polar surface area (TPSA) is 29.3 Å². The van der Waals surface area contributed by atoms with Crippen LogP contribution < -0.4 is 10.6 Å². The Morgan fingerprint density at radius 1 is 1.16 bits per heavy atom. The van der Waals surface area contributed by atoms with E-state index in [2.05, 4.69) is 25.1 Å². The smallest absolute Gasteiger partial charge is 0.129 e. The molecule has 0 bridgehead atoms. The normalized spacial score (nSPS) is 10.5. The minimum atomic E-state index is -0.240. The molecule has 0 aliphatic heterocycles. The minimum absolute atomic E-state index is 0.230. The number of hydrogen-bond donors (Lipinski definition) is 1. The fourth-order valence-electron chi connectivity index (χ4n) is 2.11. The van der Waals surface area contributed by atoms with E-state index in [0.29, 0.717) is 5.56 Å². The lowest BCUT2D eigenvalue weighted by Crippen LogP contribution is -2.17. The van der Waals surface area contributed by atoms with Gasteiger partial charge in [0.05, 0.1) is 0 Å². The average Bonchev–Trinajstić information content (AvgIpc) is 2.38. The zero-order chi connectivity index (χ0) is 13.8. The van der Waals surface area contributed by atoms with Crippen molar-refractivity contribution >= 4 is 5.69 Å². The first-order valence-corrected chi connectivity index (χ1v) is 6.35. The van der Waals surface area contributed by atoms with Crippen molar-refractivity contribution in [2.45, 2.75) is 20.0 Å². The molecule has 2 N–H and O–H groups in total. The Morgan fingerprint density at radius 3 is 2.58 bits per heavy atom. The van der Waals surface area contributed by atoms with E-state index in [4.69, 9.17) is 5.73 Å². The Kier molecular flexibility index (Phi) is 4.17. The van der Waals surface area contributed by atoms with Crippen LogP contribution in [0, 0.1) is 12.7 Å². The van der Waals surface area contributed by atoms with E-state index in [9.17, 15) is 4.39 Å². The van der Waals surface area contributed by atoms with Crippen LogP contribution in [0.25, 0.3) is 0 Å². The van der Waals surface area contributed by atoms with Gasteiger partial charge in [-0.3, -0.25) is 0 Å². The highest BCUT2D eigenvalue weighted by Gasteiger charge is 2.06. The summed E-state index contributed by atoms with van der Waals surface area (Å²) < 4.78 is 13.7. The van der Waals surface area contributed by atoms with Gasteiger partial charge < -0.3 is 10.6 Å². The van der Waals surface area contributed by atoms with Crippen LogP contribution in [-0.4, -0.2) is 7.05 Å². The van der Waals surface area contributed by atoms with Gasteiger partial charge in [0.1, 0.15) is 5.82 Å². The predicted octanol–water partition coefficient (Wildman–Crippen LogP) is 3.23. The minimum Gasteiger partial charge on any atom is -0.370 e. The second-order valence-electron chi connectivity index (χ2n) is 4.82. The number of anilines is 1. The molecule has 0 aliphatic carbocycles. The Labute approximate surface area is 113 Å². The molecular formula is C16H19FN2. The first-order valence-electron chi connectivity index (χ1n) is 6.35. The highest BCUT2D eigenvalue weighted by Crippen LogP contribution is 2.19. The summed E-state index contributed by atoms with van der Waals surface area (Å²) in [5, 5.41) is 0. The van der Waals surface area contributed by atoms with Gasteiger partial charge in [0.25, 0.3) is 0 Å². The number of benzene rings is 2. The van der Waals surface area contributed by atoms with Crippen LogP contribution in [0.4, 0.5) is 10.1 Å². The summed E-state index contributed by atoms with van der Waals surface area (Å²) in [4.78, 5) is 2.03. The van der Waals surface area contributed by atoms with E-state index in [0.717, 1.165) is 12.2 Å². The summed E-state index contributed by atoms with van der Waals surface area (Å²) in [6.07, 6.45) is 0. The Bertz CT molecular complexity index is 566. The first kappa shape index (κ1) is 13.6. The molecule has 2 aromatic carbocycles. The van der Waals surface area contributed by atoms with Crippen molar-refractivity contribution in [1.82, 2.24) is 0 Å². The molecule has 0 heterocycles. The molecule has 100 valence electrons. The molecule has 0 fully saturated rings. The number of halogens is 1. The lowest BCUT2D eigenvalue weighted by atomic mass is 10.1. The number of aryl methyl sites for hydroxylation is 1. The summed E-state index contributed by atoms with van der Waals surface area (Å²) in [5.74, 6) is -0.240. The highest BCUT2D eigenvalue weighted by molar-refractivity contribution is 5.48. The number of rotatable bonds is 4. The van der Waals surface area contributed by atoms with Crippen molar-refractivity contribution in [1.29, 1.82) is 0 Å². The molecule has 2 aromatic rings. The molecule has 0 amide bonds. The molecule has 2 rings (SSSR count). The molecule has 0 aromatic heterocycles. The Morgan fingerprint density at radius 2 is 1.95 bits per heavy atom. The van der Waals surface area contributed by atoms with Gasteiger partial charge in [0.2, 0.25) is 0 Å². The number of hydrogen-bond acceptors (Lipinski definition) is 2. The molecule has 0 radical (unpaired) electrons. The van der Waals surface area contributed by atoms with Gasteiger partial charge in [-0.15, -0.1) is 0 Å². The number of nitrogens with two attached hydrogens (primary N) is 1. The Balaban J connectivity index is 2.15. The molecule has 3 heteroatoms. The summed E-state index contributed by atoms with van der Waals surface area (Å²) in [6.45, 7) is 3.05. The van der Waals surface area contributed by atoms with Gasteiger partial charge >= 0.3 is 0 Å². The quantitative estimate of drug-likeness (QED) is 0.912. The molecule has 0 saturated carbocycles. The molecule has 19 heavy (non-hydrogen) atoms. The van der Waals surface area contributed by atoms with E-state index >= 15 is 0 Å². The Hall–Kier alpha value is -1.87. The molecule has 0 atom stereocenters. The molecule has 0 aliphatic rings. The van der Waals surface area contributed by atoms with E-state index in [1.165, 1.54) is 17.2 Å². The lowest BCUT2D eigenvalue weighted by molar-refractivity contribution is 0.610. The van der Waals surface area contributed by atoms with Crippen molar-refractivity contribution in [2.24, 2.45) is 5.73 Å². The lowest BCUT2D eigenvalue weighted by Gasteiger charge is -2.20. The third-order valence-corrected chi connectivity index (χ3v) is 3.20. The maximum absolute atomic E-state index is 13.7. The van der Waals surface area contributed by atoms with Gasteiger partial charge in [0, 0.05) is 31.4 Å². The third kappa shape index (κ3) is 3.32. The molecular weight excluding hydrogens is 239 g/mol. The zero-order valence-electron chi connectivity index (χ0n) is 11.4. The molecule has 0 unspecified atom stereocenters. The largest absolute Gasteiger partial charge is 0.370 e. The highest BCUT2D eigenvalue weighted by atomic mass is 19.1. The van der Waals surface area contributed by atoms with Crippen molar-refractivity contribution in [2.75, 3.05) is 11.9 Å². The van der Waals surface area contributed by atoms with Crippen molar-refractivity contribution < 1.29 is 4.39 Å². The van der Waals surface area contributed by atoms with Crippen LogP contribution in [0.1, 0.15) is 16.7 Å². The van der Waals surface area contributed by atoms with Crippen LogP contribution in [0.3, 0.4) is 0 Å². The maximum Gasteiger partial charge on any atom is 0.129 e. The fourth-order valence-corrected chi connectivity index (χ4v) is 2.11. The SMILES string of the molecule is Cc1cccc(CN(C)c2ccc(CN)c(F)c2)c1. The molecule has 0 spiro atoms. The van der Waals surface area contributed by atoms with Crippen molar-refractivity contribution in [3.05, 3.63) is 65.0 Å². The van der Waals surface area contributed by atoms with Crippen LogP contribution in [-0.2, 0) is 13.1 Å². The van der Waals surface area contributed by atoms with E-state index in [1.54, 1.807) is 6.07 Å². The summed E-state index contributed by atoms with van der Waals surface area (Å²) in [7, 11) is 1.96.